The molecule has 0 amide bonds. The zero-order valence-corrected chi connectivity index (χ0v) is 7.10. The van der Waals surface area contributed by atoms with Crippen LogP contribution in [0.2, 0.25) is 0 Å². The van der Waals surface area contributed by atoms with Crippen LogP contribution in [-0.2, 0) is 4.79 Å². The molecule has 0 aliphatic carbocycles. The van der Waals surface area contributed by atoms with Crippen molar-refractivity contribution in [2.24, 2.45) is 0 Å². The Bertz CT molecular complexity index is 85.1. The fourth-order valence-corrected chi connectivity index (χ4v) is 1.43. The highest BCUT2D eigenvalue weighted by Crippen LogP contribution is 2.04. The molecule has 0 saturated carbocycles. The third-order valence-corrected chi connectivity index (χ3v) is 2.17. The van der Waals surface area contributed by atoms with Gasteiger partial charge in [0.05, 0.1) is 0 Å². The van der Waals surface area contributed by atoms with E-state index in [0.29, 0.717) is 6.42 Å². The number of hydrogen-bond donors (Lipinski definition) is 0. The highest BCUT2D eigenvalue weighted by atomic mass is 35.5. The van der Waals surface area contributed by atoms with E-state index in [-0.39, 0.29) is 5.24 Å². The van der Waals surface area contributed by atoms with Gasteiger partial charge in [-0.3, -0.25) is 4.79 Å². The fourth-order valence-electron chi connectivity index (χ4n) is 0.399. The van der Waals surface area contributed by atoms with Crippen molar-refractivity contribution in [2.75, 3.05) is 11.5 Å². The van der Waals surface area contributed by atoms with E-state index in [0.717, 1.165) is 11.5 Å². The van der Waals surface area contributed by atoms with E-state index in [1.807, 2.05) is 0 Å². The van der Waals surface area contributed by atoms with Crippen LogP contribution in [0.5, 0.6) is 0 Å². The number of rotatable bonds is 5. The van der Waals surface area contributed by atoms with Crippen LogP contribution >= 0.6 is 23.4 Å². The molecular formula is C6H11ClOS. The predicted octanol–water partition coefficient (Wildman–Crippen LogP) is 2.29. The molecule has 0 atom stereocenters. The highest BCUT2D eigenvalue weighted by molar-refractivity contribution is 7.99. The summed E-state index contributed by atoms with van der Waals surface area (Å²) < 4.78 is 0. The second kappa shape index (κ2) is 6.43. The Morgan fingerprint density at radius 3 is 2.67 bits per heavy atom. The average molecular weight is 167 g/mol. The molecular weight excluding hydrogens is 156 g/mol. The summed E-state index contributed by atoms with van der Waals surface area (Å²) in [6, 6.07) is 0. The summed E-state index contributed by atoms with van der Waals surface area (Å²) in [5.74, 6) is 2.00. The third kappa shape index (κ3) is 8.31. The summed E-state index contributed by atoms with van der Waals surface area (Å²) in [7, 11) is 0. The molecule has 0 aromatic carbocycles. The first kappa shape index (κ1) is 9.31. The maximum Gasteiger partial charge on any atom is 0.222 e. The molecule has 0 spiro atoms. The lowest BCUT2D eigenvalue weighted by Crippen LogP contribution is -1.89. The molecule has 9 heavy (non-hydrogen) atoms. The van der Waals surface area contributed by atoms with Crippen molar-refractivity contribution in [3.05, 3.63) is 0 Å². The van der Waals surface area contributed by atoms with Gasteiger partial charge in [0.15, 0.2) is 0 Å². The van der Waals surface area contributed by atoms with Gasteiger partial charge in [0.1, 0.15) is 0 Å². The first-order chi connectivity index (χ1) is 4.27. The molecule has 54 valence electrons. The number of hydrogen-bond acceptors (Lipinski definition) is 2. The number of carbonyl (C=O) groups excluding carboxylic acids is 1. The molecule has 3 heteroatoms. The summed E-state index contributed by atoms with van der Waals surface area (Å²) in [5, 5.41) is -0.224. The molecule has 0 aromatic rings. The maximum absolute atomic E-state index is 10.2. The van der Waals surface area contributed by atoms with Crippen LogP contribution in [0.3, 0.4) is 0 Å². The largest absolute Gasteiger partial charge is 0.281 e. The maximum atomic E-state index is 10.2. The molecule has 1 nitrogen and oxygen atoms in total. The quantitative estimate of drug-likeness (QED) is 0.461. The summed E-state index contributed by atoms with van der Waals surface area (Å²) in [6.45, 7) is 2.12. The van der Waals surface area contributed by atoms with Crippen molar-refractivity contribution in [2.45, 2.75) is 19.8 Å². The lowest BCUT2D eigenvalue weighted by molar-refractivity contribution is -0.111. The van der Waals surface area contributed by atoms with Crippen molar-refractivity contribution in [1.29, 1.82) is 0 Å². The van der Waals surface area contributed by atoms with E-state index in [9.17, 15) is 4.79 Å². The second-order valence-electron chi connectivity index (χ2n) is 1.72. The molecule has 0 aliphatic rings. The number of thioether (sulfide) groups is 1. The Morgan fingerprint density at radius 1 is 1.56 bits per heavy atom. The van der Waals surface area contributed by atoms with E-state index in [1.165, 1.54) is 6.42 Å². The van der Waals surface area contributed by atoms with Gasteiger partial charge in [-0.15, -0.1) is 0 Å². The molecule has 0 rings (SSSR count). The SMILES string of the molecule is CCCSCCC(=O)Cl. The second-order valence-corrected chi connectivity index (χ2v) is 3.36. The number of carbonyl (C=O) groups is 1. The van der Waals surface area contributed by atoms with Gasteiger partial charge in [-0.25, -0.2) is 0 Å². The van der Waals surface area contributed by atoms with Crippen molar-refractivity contribution >= 4 is 28.6 Å². The molecule has 0 aromatic heterocycles. The molecule has 0 N–H and O–H groups in total. The van der Waals surface area contributed by atoms with Gasteiger partial charge in [-0.05, 0) is 23.8 Å². The Morgan fingerprint density at radius 2 is 2.22 bits per heavy atom. The van der Waals surface area contributed by atoms with Gasteiger partial charge >= 0.3 is 0 Å². The standard InChI is InChI=1S/C6H11ClOS/c1-2-4-9-5-3-6(7)8/h2-5H2,1H3. The van der Waals surface area contributed by atoms with Crippen LogP contribution in [-0.4, -0.2) is 16.7 Å². The molecule has 0 fully saturated rings. The van der Waals surface area contributed by atoms with E-state index in [2.05, 4.69) is 6.92 Å². The topological polar surface area (TPSA) is 17.1 Å². The Kier molecular flexibility index (Phi) is 6.65. The molecule has 0 heterocycles. The van der Waals surface area contributed by atoms with E-state index in [4.69, 9.17) is 11.6 Å². The first-order valence-corrected chi connectivity index (χ1v) is 4.56. The van der Waals surface area contributed by atoms with Crippen molar-refractivity contribution in [1.82, 2.24) is 0 Å². The van der Waals surface area contributed by atoms with Crippen LogP contribution in [0, 0.1) is 0 Å². The predicted molar refractivity (Wildman–Crippen MR) is 43.1 cm³/mol. The Hall–Kier alpha value is 0.310. The minimum absolute atomic E-state index is 0.224. The number of halogens is 1. The minimum Gasteiger partial charge on any atom is -0.281 e. The zero-order chi connectivity index (χ0) is 7.11. The minimum atomic E-state index is -0.224. The highest BCUT2D eigenvalue weighted by Gasteiger charge is 1.93. The fraction of sp³-hybridized carbons (Fsp3) is 0.833. The van der Waals surface area contributed by atoms with Crippen LogP contribution in [0.15, 0.2) is 0 Å². The van der Waals surface area contributed by atoms with Crippen molar-refractivity contribution < 1.29 is 4.79 Å². The van der Waals surface area contributed by atoms with Crippen LogP contribution < -0.4 is 0 Å². The summed E-state index contributed by atoms with van der Waals surface area (Å²) in [4.78, 5) is 10.2. The van der Waals surface area contributed by atoms with Gasteiger partial charge in [0.25, 0.3) is 0 Å². The molecule has 0 saturated heterocycles. The lowest BCUT2D eigenvalue weighted by Gasteiger charge is -1.93. The molecule has 0 bridgehead atoms. The first-order valence-electron chi connectivity index (χ1n) is 3.03. The van der Waals surface area contributed by atoms with Gasteiger partial charge in [0, 0.05) is 12.2 Å². The Balaban J connectivity index is 2.83. The van der Waals surface area contributed by atoms with Gasteiger partial charge in [0.2, 0.25) is 5.24 Å². The van der Waals surface area contributed by atoms with E-state index >= 15 is 0 Å². The van der Waals surface area contributed by atoms with Crippen LogP contribution in [0.1, 0.15) is 19.8 Å². The van der Waals surface area contributed by atoms with E-state index in [1.54, 1.807) is 11.8 Å². The molecule has 0 radical (unpaired) electrons. The van der Waals surface area contributed by atoms with Gasteiger partial charge < -0.3 is 0 Å². The normalized spacial score (nSPS) is 9.56. The average Bonchev–Trinajstić information content (AvgIpc) is 1.80. The van der Waals surface area contributed by atoms with Crippen molar-refractivity contribution in [3.63, 3.8) is 0 Å². The Labute approximate surface area is 65.2 Å². The van der Waals surface area contributed by atoms with E-state index < -0.39 is 0 Å². The van der Waals surface area contributed by atoms with Crippen LogP contribution in [0.25, 0.3) is 0 Å². The summed E-state index contributed by atoms with van der Waals surface area (Å²) >= 11 is 6.88. The van der Waals surface area contributed by atoms with Crippen molar-refractivity contribution in [3.8, 4) is 0 Å². The third-order valence-electron chi connectivity index (χ3n) is 0.791. The monoisotopic (exact) mass is 166 g/mol. The van der Waals surface area contributed by atoms with Gasteiger partial charge in [-0.2, -0.15) is 11.8 Å². The van der Waals surface area contributed by atoms with Crippen LogP contribution in [0.4, 0.5) is 0 Å². The zero-order valence-electron chi connectivity index (χ0n) is 5.52. The molecule has 0 aliphatic heterocycles. The smallest absolute Gasteiger partial charge is 0.222 e. The van der Waals surface area contributed by atoms with Gasteiger partial charge in [-0.1, -0.05) is 6.92 Å². The lowest BCUT2D eigenvalue weighted by atomic mass is 10.5. The summed E-state index contributed by atoms with van der Waals surface area (Å²) in [5.41, 5.74) is 0. The summed E-state index contributed by atoms with van der Waals surface area (Å²) in [6.07, 6.45) is 1.67. The molecule has 0 unspecified atom stereocenters.